The minimum absolute atomic E-state index is 0. The minimum atomic E-state index is -0.00252. The van der Waals surface area contributed by atoms with E-state index in [4.69, 9.17) is 10.5 Å². The number of hydrogen-bond donors (Lipinski definition) is 1. The van der Waals surface area contributed by atoms with E-state index in [0.717, 1.165) is 12.1 Å². The lowest BCUT2D eigenvalue weighted by molar-refractivity contribution is -0.147. The van der Waals surface area contributed by atoms with Gasteiger partial charge in [-0.15, -0.1) is 12.4 Å². The van der Waals surface area contributed by atoms with Crippen LogP contribution in [-0.2, 0) is 9.53 Å². The molecule has 21 heavy (non-hydrogen) atoms. The van der Waals surface area contributed by atoms with Crippen molar-refractivity contribution in [2.75, 3.05) is 19.6 Å². The summed E-state index contributed by atoms with van der Waals surface area (Å²) in [6.07, 6.45) is 3.07. The van der Waals surface area contributed by atoms with Crippen LogP contribution in [-0.4, -0.2) is 36.5 Å². The van der Waals surface area contributed by atoms with Crippen molar-refractivity contribution in [2.24, 2.45) is 11.7 Å². The molecule has 2 aliphatic rings. The molecule has 0 aromatic heterocycles. The van der Waals surface area contributed by atoms with Crippen molar-refractivity contribution in [3.05, 3.63) is 35.9 Å². The smallest absolute Gasteiger partial charge is 0.224 e. The molecule has 0 bridgehead atoms. The third kappa shape index (κ3) is 3.96. The summed E-state index contributed by atoms with van der Waals surface area (Å²) in [5.41, 5.74) is 6.67. The van der Waals surface area contributed by atoms with Gasteiger partial charge in [0.2, 0.25) is 5.91 Å². The van der Waals surface area contributed by atoms with Crippen LogP contribution in [0.3, 0.4) is 0 Å². The maximum Gasteiger partial charge on any atom is 0.224 e. The molecule has 116 valence electrons. The fraction of sp³-hybridized carbons (Fsp3) is 0.562. The first-order valence-electron chi connectivity index (χ1n) is 7.46. The summed E-state index contributed by atoms with van der Waals surface area (Å²) in [5.74, 6) is 0.789. The van der Waals surface area contributed by atoms with Crippen molar-refractivity contribution in [1.29, 1.82) is 0 Å². The molecule has 1 aliphatic heterocycles. The number of nitrogens with zero attached hydrogens (tertiary/aromatic N) is 1. The average molecular weight is 311 g/mol. The van der Waals surface area contributed by atoms with Gasteiger partial charge >= 0.3 is 0 Å². The van der Waals surface area contributed by atoms with E-state index in [0.29, 0.717) is 25.4 Å². The van der Waals surface area contributed by atoms with Crippen LogP contribution in [0.5, 0.6) is 0 Å². The van der Waals surface area contributed by atoms with E-state index in [1.165, 1.54) is 12.8 Å². The Morgan fingerprint density at radius 2 is 1.95 bits per heavy atom. The van der Waals surface area contributed by atoms with Gasteiger partial charge in [0.05, 0.1) is 12.6 Å². The van der Waals surface area contributed by atoms with Gasteiger partial charge in [-0.2, -0.15) is 0 Å². The van der Waals surface area contributed by atoms with Crippen molar-refractivity contribution >= 4 is 18.3 Å². The van der Waals surface area contributed by atoms with E-state index in [1.807, 2.05) is 23.1 Å². The Morgan fingerprint density at radius 3 is 2.57 bits per heavy atom. The molecule has 1 aromatic carbocycles. The van der Waals surface area contributed by atoms with Crippen LogP contribution in [0, 0.1) is 5.92 Å². The molecule has 1 aliphatic carbocycles. The van der Waals surface area contributed by atoms with Gasteiger partial charge in [-0.3, -0.25) is 4.79 Å². The topological polar surface area (TPSA) is 55.6 Å². The Bertz CT molecular complexity index is 465. The van der Waals surface area contributed by atoms with Crippen LogP contribution < -0.4 is 5.73 Å². The second-order valence-corrected chi connectivity index (χ2v) is 5.75. The Hall–Kier alpha value is -1.10. The van der Waals surface area contributed by atoms with Crippen molar-refractivity contribution in [1.82, 2.24) is 4.90 Å². The summed E-state index contributed by atoms with van der Waals surface area (Å²) >= 11 is 0. The molecule has 5 heteroatoms. The zero-order chi connectivity index (χ0) is 13.9. The monoisotopic (exact) mass is 310 g/mol. The molecule has 4 nitrogen and oxygen atoms in total. The zero-order valence-corrected chi connectivity index (χ0v) is 12.9. The zero-order valence-electron chi connectivity index (χ0n) is 12.1. The molecule has 1 heterocycles. The number of morpholine rings is 1. The molecule has 1 saturated heterocycles. The molecule has 2 N–H and O–H groups in total. The number of hydrogen-bond acceptors (Lipinski definition) is 3. The standard InChI is InChI=1S/C16H22N2O2.ClH/c17-9-8-16(19)18-10-14(12-4-2-1-3-5-12)20-15(11-18)13-6-7-13;/h1-5,13-15H,6-11,17H2;1H/t14-,15+;/m0./s1. The number of benzene rings is 1. The molecule has 3 rings (SSSR count). The first-order valence-corrected chi connectivity index (χ1v) is 7.46. The second-order valence-electron chi connectivity index (χ2n) is 5.75. The van der Waals surface area contributed by atoms with Crippen LogP contribution >= 0.6 is 12.4 Å². The second kappa shape index (κ2) is 7.25. The van der Waals surface area contributed by atoms with E-state index >= 15 is 0 Å². The summed E-state index contributed by atoms with van der Waals surface area (Å²) in [6.45, 7) is 1.79. The maximum atomic E-state index is 12.2. The summed E-state index contributed by atoms with van der Waals surface area (Å²) in [6, 6.07) is 10.2. The highest BCUT2D eigenvalue weighted by Crippen LogP contribution is 2.39. The normalized spacial score (nSPS) is 25.3. The molecule has 2 atom stereocenters. The molecule has 0 unspecified atom stereocenters. The summed E-state index contributed by atoms with van der Waals surface area (Å²) in [7, 11) is 0. The van der Waals surface area contributed by atoms with Crippen LogP contribution in [0.2, 0.25) is 0 Å². The third-order valence-electron chi connectivity index (χ3n) is 4.16. The Labute approximate surface area is 132 Å². The number of nitrogens with two attached hydrogens (primary N) is 1. The fourth-order valence-electron chi connectivity index (χ4n) is 2.85. The predicted octanol–water partition coefficient (Wildman–Crippen LogP) is 2.14. The quantitative estimate of drug-likeness (QED) is 0.927. The van der Waals surface area contributed by atoms with Crippen molar-refractivity contribution in [3.63, 3.8) is 0 Å². The van der Waals surface area contributed by atoms with E-state index in [1.54, 1.807) is 0 Å². The number of carbonyl (C=O) groups is 1. The number of carbonyl (C=O) groups excluding carboxylic acids is 1. The highest BCUT2D eigenvalue weighted by Gasteiger charge is 2.39. The van der Waals surface area contributed by atoms with Crippen molar-refractivity contribution < 1.29 is 9.53 Å². The molecule has 1 aromatic rings. The first kappa shape index (κ1) is 16.3. The summed E-state index contributed by atoms with van der Waals surface area (Å²) in [4.78, 5) is 14.1. The van der Waals surface area contributed by atoms with Gasteiger partial charge in [-0.25, -0.2) is 0 Å². The van der Waals surface area contributed by atoms with Gasteiger partial charge in [-0.05, 0) is 24.3 Å². The van der Waals surface area contributed by atoms with Gasteiger partial charge in [0, 0.05) is 19.5 Å². The lowest BCUT2D eigenvalue weighted by Gasteiger charge is -2.38. The van der Waals surface area contributed by atoms with Crippen molar-refractivity contribution in [2.45, 2.75) is 31.5 Å². The third-order valence-corrected chi connectivity index (χ3v) is 4.16. The molecular formula is C16H23ClN2O2. The summed E-state index contributed by atoms with van der Waals surface area (Å²) < 4.78 is 6.23. The van der Waals surface area contributed by atoms with E-state index in [-0.39, 0.29) is 30.5 Å². The Balaban J connectivity index is 0.00000161. The van der Waals surface area contributed by atoms with Gasteiger partial charge < -0.3 is 15.4 Å². The van der Waals surface area contributed by atoms with Crippen LogP contribution in [0.15, 0.2) is 30.3 Å². The highest BCUT2D eigenvalue weighted by molar-refractivity contribution is 5.85. The maximum absolute atomic E-state index is 12.2. The van der Waals surface area contributed by atoms with Gasteiger partial charge in [-0.1, -0.05) is 30.3 Å². The SMILES string of the molecule is Cl.NCCC(=O)N1C[C@@H](c2ccccc2)O[C@@H](C2CC2)C1. The lowest BCUT2D eigenvalue weighted by atomic mass is 10.0. The highest BCUT2D eigenvalue weighted by atomic mass is 35.5. The van der Waals surface area contributed by atoms with Crippen LogP contribution in [0.25, 0.3) is 0 Å². The first-order chi connectivity index (χ1) is 9.78. The predicted molar refractivity (Wildman–Crippen MR) is 84.3 cm³/mol. The molecule has 1 amide bonds. The fourth-order valence-corrected chi connectivity index (χ4v) is 2.85. The molecule has 1 saturated carbocycles. The molecule has 0 spiro atoms. The minimum Gasteiger partial charge on any atom is -0.366 e. The van der Waals surface area contributed by atoms with E-state index in [2.05, 4.69) is 12.1 Å². The van der Waals surface area contributed by atoms with E-state index < -0.39 is 0 Å². The largest absolute Gasteiger partial charge is 0.366 e. The number of amides is 1. The number of halogens is 1. The van der Waals surface area contributed by atoms with Gasteiger partial charge in [0.1, 0.15) is 6.10 Å². The number of rotatable bonds is 4. The summed E-state index contributed by atoms with van der Waals surface area (Å²) in [5, 5.41) is 0. The Morgan fingerprint density at radius 1 is 1.24 bits per heavy atom. The molecular weight excluding hydrogens is 288 g/mol. The Kier molecular flexibility index (Phi) is 5.62. The number of ether oxygens (including phenoxy) is 1. The van der Waals surface area contributed by atoms with Crippen LogP contribution in [0.1, 0.15) is 30.9 Å². The van der Waals surface area contributed by atoms with Crippen molar-refractivity contribution in [3.8, 4) is 0 Å². The van der Waals surface area contributed by atoms with Gasteiger partial charge in [0.15, 0.2) is 0 Å². The van der Waals surface area contributed by atoms with Crippen LogP contribution in [0.4, 0.5) is 0 Å². The average Bonchev–Trinajstić information content (AvgIpc) is 3.33. The molecule has 0 radical (unpaired) electrons. The molecule has 2 fully saturated rings. The van der Waals surface area contributed by atoms with E-state index in [9.17, 15) is 4.79 Å². The lowest BCUT2D eigenvalue weighted by Crippen LogP contribution is -2.48. The van der Waals surface area contributed by atoms with Gasteiger partial charge in [0.25, 0.3) is 0 Å².